The Morgan fingerprint density at radius 1 is 1.08 bits per heavy atom. The van der Waals surface area contributed by atoms with Gasteiger partial charge in [0.25, 0.3) is 0 Å². The Balaban J connectivity index is 2.28. The molecular weight excluding hydrogens is 298 g/mol. The van der Waals surface area contributed by atoms with E-state index in [1.807, 2.05) is 12.1 Å². The van der Waals surface area contributed by atoms with Crippen molar-refractivity contribution in [2.75, 3.05) is 13.2 Å². The molecule has 1 aromatic rings. The van der Waals surface area contributed by atoms with E-state index in [2.05, 4.69) is 32.9 Å². The second kappa shape index (κ2) is 11.5. The van der Waals surface area contributed by atoms with Crippen molar-refractivity contribution >= 4 is 0 Å². The van der Waals surface area contributed by atoms with Gasteiger partial charge in [-0.25, -0.2) is 0 Å². The molecule has 3 nitrogen and oxygen atoms in total. The zero-order valence-electron chi connectivity index (χ0n) is 15.9. The van der Waals surface area contributed by atoms with E-state index >= 15 is 0 Å². The fourth-order valence-electron chi connectivity index (χ4n) is 2.95. The van der Waals surface area contributed by atoms with Gasteiger partial charge in [-0.3, -0.25) is 0 Å². The second-order valence-electron chi connectivity index (χ2n) is 7.51. The maximum absolute atomic E-state index is 9.48. The summed E-state index contributed by atoms with van der Waals surface area (Å²) in [7, 11) is 0. The summed E-state index contributed by atoms with van der Waals surface area (Å²) in [5.74, 6) is 1.74. The fourth-order valence-corrected chi connectivity index (χ4v) is 2.95. The van der Waals surface area contributed by atoms with Crippen LogP contribution in [0.1, 0.15) is 71.3 Å². The molecule has 1 rings (SSSR count). The molecule has 138 valence electrons. The molecule has 0 bridgehead atoms. The highest BCUT2D eigenvalue weighted by molar-refractivity contribution is 5.27. The van der Waals surface area contributed by atoms with Crippen molar-refractivity contribution in [3.63, 3.8) is 0 Å². The number of unbranched alkanes of at least 4 members (excludes halogenated alkanes) is 2. The van der Waals surface area contributed by atoms with Crippen LogP contribution >= 0.6 is 0 Å². The third-order valence-electron chi connectivity index (χ3n) is 4.59. The van der Waals surface area contributed by atoms with E-state index in [-0.39, 0.29) is 6.61 Å². The Labute approximate surface area is 148 Å². The molecule has 0 fully saturated rings. The SMILES string of the molecule is CCCC(N)(CO)CCc1ccc(OCCCCCC(C)C)cc1. The summed E-state index contributed by atoms with van der Waals surface area (Å²) >= 11 is 0. The van der Waals surface area contributed by atoms with Crippen molar-refractivity contribution in [2.24, 2.45) is 11.7 Å². The van der Waals surface area contributed by atoms with Crippen molar-refractivity contribution < 1.29 is 9.84 Å². The van der Waals surface area contributed by atoms with E-state index in [1.165, 1.54) is 24.8 Å². The van der Waals surface area contributed by atoms with Gasteiger partial charge in [0.1, 0.15) is 5.75 Å². The van der Waals surface area contributed by atoms with E-state index in [0.717, 1.165) is 50.4 Å². The number of ether oxygens (including phenoxy) is 1. The average molecular weight is 336 g/mol. The first-order chi connectivity index (χ1) is 11.5. The van der Waals surface area contributed by atoms with E-state index in [9.17, 15) is 5.11 Å². The number of hydrogen-bond donors (Lipinski definition) is 2. The standard InChI is InChI=1S/C21H37NO2/c1-4-14-21(22,17-23)15-13-19-9-11-20(12-10-19)24-16-7-5-6-8-18(2)3/h9-12,18,23H,4-8,13-17,22H2,1-3H3. The Hall–Kier alpha value is -1.06. The number of aryl methyl sites for hydroxylation is 1. The molecule has 3 N–H and O–H groups in total. The Morgan fingerprint density at radius 3 is 2.38 bits per heavy atom. The van der Waals surface area contributed by atoms with Crippen LogP contribution in [0.25, 0.3) is 0 Å². The number of aliphatic hydroxyl groups is 1. The molecule has 1 atom stereocenters. The predicted molar refractivity (Wildman–Crippen MR) is 102 cm³/mol. The highest BCUT2D eigenvalue weighted by atomic mass is 16.5. The van der Waals surface area contributed by atoms with Gasteiger partial charge >= 0.3 is 0 Å². The van der Waals surface area contributed by atoms with Crippen molar-refractivity contribution in [2.45, 2.75) is 77.7 Å². The van der Waals surface area contributed by atoms with E-state index in [0.29, 0.717) is 0 Å². The van der Waals surface area contributed by atoms with Crippen molar-refractivity contribution in [1.29, 1.82) is 0 Å². The Bertz CT molecular complexity index is 430. The van der Waals surface area contributed by atoms with Crippen molar-refractivity contribution in [3.05, 3.63) is 29.8 Å². The highest BCUT2D eigenvalue weighted by Crippen LogP contribution is 2.19. The molecule has 0 aromatic heterocycles. The van der Waals surface area contributed by atoms with Crippen molar-refractivity contribution in [3.8, 4) is 5.75 Å². The predicted octanol–water partition coefficient (Wildman–Crippen LogP) is 4.70. The number of hydrogen-bond acceptors (Lipinski definition) is 3. The number of aliphatic hydroxyl groups excluding tert-OH is 1. The lowest BCUT2D eigenvalue weighted by Crippen LogP contribution is -2.43. The van der Waals surface area contributed by atoms with Gasteiger partial charge < -0.3 is 15.6 Å². The van der Waals surface area contributed by atoms with Crippen LogP contribution in [0, 0.1) is 5.92 Å². The van der Waals surface area contributed by atoms with Gasteiger partial charge in [0.15, 0.2) is 0 Å². The molecule has 0 radical (unpaired) electrons. The van der Waals surface area contributed by atoms with Gasteiger partial charge in [0, 0.05) is 5.54 Å². The van der Waals surface area contributed by atoms with Gasteiger partial charge in [-0.05, 0) is 49.3 Å². The summed E-state index contributed by atoms with van der Waals surface area (Å²) in [4.78, 5) is 0. The monoisotopic (exact) mass is 335 g/mol. The molecular formula is C21H37NO2. The summed E-state index contributed by atoms with van der Waals surface area (Å²) in [5.41, 5.74) is 7.04. The average Bonchev–Trinajstić information content (AvgIpc) is 2.57. The maximum Gasteiger partial charge on any atom is 0.119 e. The van der Waals surface area contributed by atoms with Crippen LogP contribution in [0.4, 0.5) is 0 Å². The minimum Gasteiger partial charge on any atom is -0.494 e. The summed E-state index contributed by atoms with van der Waals surface area (Å²) in [6, 6.07) is 8.30. The van der Waals surface area contributed by atoms with Crippen LogP contribution in [-0.4, -0.2) is 23.9 Å². The molecule has 0 spiro atoms. The van der Waals surface area contributed by atoms with Gasteiger partial charge in [-0.2, -0.15) is 0 Å². The lowest BCUT2D eigenvalue weighted by molar-refractivity contribution is 0.177. The van der Waals surface area contributed by atoms with Crippen molar-refractivity contribution in [1.82, 2.24) is 0 Å². The molecule has 24 heavy (non-hydrogen) atoms. The summed E-state index contributed by atoms with van der Waals surface area (Å²) in [6.45, 7) is 7.50. The summed E-state index contributed by atoms with van der Waals surface area (Å²) in [5, 5.41) is 9.48. The van der Waals surface area contributed by atoms with E-state index in [4.69, 9.17) is 10.5 Å². The third-order valence-corrected chi connectivity index (χ3v) is 4.59. The molecule has 0 aliphatic carbocycles. The minimum atomic E-state index is -0.445. The molecule has 0 aliphatic heterocycles. The summed E-state index contributed by atoms with van der Waals surface area (Å²) in [6.07, 6.45) is 8.54. The zero-order valence-corrected chi connectivity index (χ0v) is 15.9. The number of benzene rings is 1. The lowest BCUT2D eigenvalue weighted by atomic mass is 9.89. The normalized spacial score (nSPS) is 13.9. The lowest BCUT2D eigenvalue weighted by Gasteiger charge is -2.26. The molecule has 0 heterocycles. The zero-order chi connectivity index (χ0) is 17.8. The van der Waals surface area contributed by atoms with Crippen LogP contribution in [0.2, 0.25) is 0 Å². The molecule has 0 saturated heterocycles. The van der Waals surface area contributed by atoms with Gasteiger partial charge in [-0.15, -0.1) is 0 Å². The van der Waals surface area contributed by atoms with Gasteiger partial charge in [0.05, 0.1) is 13.2 Å². The Morgan fingerprint density at radius 2 is 1.79 bits per heavy atom. The maximum atomic E-state index is 9.48. The molecule has 1 aromatic carbocycles. The van der Waals surface area contributed by atoms with Gasteiger partial charge in [0.2, 0.25) is 0 Å². The quantitative estimate of drug-likeness (QED) is 0.514. The molecule has 3 heteroatoms. The summed E-state index contributed by atoms with van der Waals surface area (Å²) < 4.78 is 5.81. The van der Waals surface area contributed by atoms with Crippen LogP contribution in [0.15, 0.2) is 24.3 Å². The minimum absolute atomic E-state index is 0.0544. The number of nitrogens with two attached hydrogens (primary N) is 1. The fraction of sp³-hybridized carbons (Fsp3) is 0.714. The Kier molecular flexibility index (Phi) is 10.0. The largest absolute Gasteiger partial charge is 0.494 e. The molecule has 0 amide bonds. The highest BCUT2D eigenvalue weighted by Gasteiger charge is 2.22. The van der Waals surface area contributed by atoms with Crippen LogP contribution in [0.5, 0.6) is 5.75 Å². The topological polar surface area (TPSA) is 55.5 Å². The molecule has 0 aliphatic rings. The van der Waals surface area contributed by atoms with Crippen LogP contribution in [0.3, 0.4) is 0 Å². The second-order valence-corrected chi connectivity index (χ2v) is 7.51. The first-order valence-electron chi connectivity index (χ1n) is 9.60. The third kappa shape index (κ3) is 8.70. The van der Waals surface area contributed by atoms with Crippen LogP contribution in [-0.2, 0) is 6.42 Å². The number of rotatable bonds is 13. The van der Waals surface area contributed by atoms with Gasteiger partial charge in [-0.1, -0.05) is 58.6 Å². The first-order valence-corrected chi connectivity index (χ1v) is 9.60. The van der Waals surface area contributed by atoms with E-state index in [1.54, 1.807) is 0 Å². The molecule has 0 saturated carbocycles. The first kappa shape index (κ1) is 21.0. The molecule has 1 unspecified atom stereocenters. The van der Waals surface area contributed by atoms with Crippen LogP contribution < -0.4 is 10.5 Å². The smallest absolute Gasteiger partial charge is 0.119 e. The van der Waals surface area contributed by atoms with E-state index < -0.39 is 5.54 Å².